The first kappa shape index (κ1) is 51.9. The highest BCUT2D eigenvalue weighted by Gasteiger charge is 2.20. The molecule has 0 amide bonds. The number of hydrogen-bond acceptors (Lipinski definition) is 13. The lowest BCUT2D eigenvalue weighted by atomic mass is 10.1. The third-order valence-electron chi connectivity index (χ3n) is 5.65. The van der Waals surface area contributed by atoms with Crippen LogP contribution in [0.25, 0.3) is 0 Å². The molecule has 288 valence electrons. The zero-order valence-electron chi connectivity index (χ0n) is 28.2. The van der Waals surface area contributed by atoms with Crippen molar-refractivity contribution in [2.45, 2.75) is 70.1 Å². The van der Waals surface area contributed by atoms with Crippen LogP contribution >= 0.6 is 0 Å². The molecule has 21 heteroatoms. The quantitative estimate of drug-likeness (QED) is 0.0557. The zero-order valence-corrected chi connectivity index (χ0v) is 28.2. The van der Waals surface area contributed by atoms with Crippen molar-refractivity contribution in [2.75, 3.05) is 26.2 Å². The molecule has 1 aromatic rings. The van der Waals surface area contributed by atoms with Crippen molar-refractivity contribution in [3.05, 3.63) is 35.9 Å². The molecule has 0 spiro atoms. The predicted octanol–water partition coefficient (Wildman–Crippen LogP) is -2.76. The highest BCUT2D eigenvalue weighted by atomic mass is 16.4. The minimum absolute atomic E-state index is 0.0208. The summed E-state index contributed by atoms with van der Waals surface area (Å²) in [5.41, 5.74) is 30.8. The first-order valence-corrected chi connectivity index (χ1v) is 15.0. The van der Waals surface area contributed by atoms with Gasteiger partial charge in [0.1, 0.15) is 24.2 Å². The van der Waals surface area contributed by atoms with E-state index in [9.17, 15) is 28.8 Å². The normalized spacial score (nSPS) is 14.1. The number of aliphatic carboxylic acids is 6. The van der Waals surface area contributed by atoms with Gasteiger partial charge in [0.05, 0.1) is 13.1 Å². The SMILES string of the molecule is CC(C)[C@H](N)C(=O)O.N=C(N)NCCC[C@H](N)C(=O)O.NCC(=O)O.NCC(=O)O.N[C@@H](Cc1ccccc1)C(=O)O.O=C(O)[C@@H]1CCCN1. The lowest BCUT2D eigenvalue weighted by molar-refractivity contribution is -0.140. The van der Waals surface area contributed by atoms with Crippen molar-refractivity contribution in [1.82, 2.24) is 10.6 Å². The predicted molar refractivity (Wildman–Crippen MR) is 183 cm³/mol. The van der Waals surface area contributed by atoms with Crippen LogP contribution in [0.5, 0.6) is 0 Å². The van der Waals surface area contributed by atoms with E-state index in [1.807, 2.05) is 30.3 Å². The van der Waals surface area contributed by atoms with Crippen molar-refractivity contribution >= 4 is 41.8 Å². The van der Waals surface area contributed by atoms with Crippen LogP contribution in [0.15, 0.2) is 30.3 Å². The number of rotatable bonds is 13. The van der Waals surface area contributed by atoms with Gasteiger partial charge in [-0.05, 0) is 50.1 Å². The number of hydrogen-bond donors (Lipinski definition) is 15. The van der Waals surface area contributed by atoms with E-state index < -0.39 is 53.9 Å². The van der Waals surface area contributed by atoms with Crippen molar-refractivity contribution in [1.29, 1.82) is 5.41 Å². The van der Waals surface area contributed by atoms with Gasteiger partial charge in [-0.2, -0.15) is 0 Å². The van der Waals surface area contributed by atoms with Crippen molar-refractivity contribution in [2.24, 2.45) is 40.3 Å². The second-order valence-electron chi connectivity index (χ2n) is 10.4. The molecule has 0 aliphatic carbocycles. The molecule has 21 N–H and O–H groups in total. The monoisotopic (exact) mass is 721 g/mol. The third kappa shape index (κ3) is 37.5. The molecule has 0 saturated carbocycles. The summed E-state index contributed by atoms with van der Waals surface area (Å²) in [6.07, 6.45) is 3.14. The molecule has 0 bridgehead atoms. The molecule has 4 atom stereocenters. The lowest BCUT2D eigenvalue weighted by Gasteiger charge is -2.07. The van der Waals surface area contributed by atoms with Gasteiger partial charge in [-0.25, -0.2) is 0 Å². The summed E-state index contributed by atoms with van der Waals surface area (Å²) < 4.78 is 0. The number of nitrogens with one attached hydrogen (secondary N) is 3. The maximum Gasteiger partial charge on any atom is 0.320 e. The molecule has 1 aliphatic rings. The van der Waals surface area contributed by atoms with Crippen LogP contribution in [0.1, 0.15) is 45.1 Å². The molecular formula is C29H55N9O12. The van der Waals surface area contributed by atoms with Gasteiger partial charge in [0.15, 0.2) is 5.96 Å². The number of carboxylic acids is 6. The van der Waals surface area contributed by atoms with Crippen molar-refractivity contribution in [3.63, 3.8) is 0 Å². The maximum atomic E-state index is 10.4. The first-order valence-electron chi connectivity index (χ1n) is 15.0. The summed E-state index contributed by atoms with van der Waals surface area (Å²) in [5.74, 6) is -5.64. The van der Waals surface area contributed by atoms with E-state index in [0.29, 0.717) is 25.8 Å². The third-order valence-corrected chi connectivity index (χ3v) is 5.65. The van der Waals surface area contributed by atoms with Gasteiger partial charge < -0.3 is 75.7 Å². The van der Waals surface area contributed by atoms with E-state index in [-0.39, 0.29) is 31.0 Å². The Hall–Kier alpha value is -4.93. The van der Waals surface area contributed by atoms with Crippen LogP contribution in [0.3, 0.4) is 0 Å². The van der Waals surface area contributed by atoms with Crippen LogP contribution in [0.2, 0.25) is 0 Å². The standard InChI is InChI=1S/C9H11NO2.C6H14N4O2.C5H9NO2.C5H11NO2.2C2H5NO2/c10-8(9(11)12)6-7-4-2-1-3-5-7;7-4(5(11)12)2-1-3-10-6(8)9;7-5(8)4-2-1-3-6-4;1-3(2)4(6)5(7)8;2*3-1-2(4)5/h1-5,8H,6,10H2,(H,11,12);4H,1-3,7H2,(H,11,12)(H4,8,9,10);4,6H,1-3H2,(H,7,8);3-4H,6H2,1-2H3,(H,7,8);2*1,3H2,(H,4,5)/t8-;3*4-;;/m0000../s1. The summed E-state index contributed by atoms with van der Waals surface area (Å²) in [4.78, 5) is 59.2. The molecular weight excluding hydrogens is 666 g/mol. The summed E-state index contributed by atoms with van der Waals surface area (Å²) >= 11 is 0. The lowest BCUT2D eigenvalue weighted by Crippen LogP contribution is -2.34. The van der Waals surface area contributed by atoms with Gasteiger partial charge in [0.2, 0.25) is 0 Å². The number of guanidine groups is 1. The Morgan fingerprint density at radius 3 is 1.56 bits per heavy atom. The molecule has 2 rings (SSSR count). The van der Waals surface area contributed by atoms with E-state index in [1.165, 1.54) is 0 Å². The average Bonchev–Trinajstić information content (AvgIpc) is 3.60. The van der Waals surface area contributed by atoms with E-state index in [0.717, 1.165) is 24.9 Å². The molecule has 1 aromatic carbocycles. The molecule has 0 unspecified atom stereocenters. The minimum atomic E-state index is -1.00. The van der Waals surface area contributed by atoms with Gasteiger partial charge in [-0.3, -0.25) is 34.2 Å². The van der Waals surface area contributed by atoms with Gasteiger partial charge in [0.25, 0.3) is 0 Å². The molecule has 0 aromatic heterocycles. The Labute approximate surface area is 289 Å². The average molecular weight is 722 g/mol. The zero-order chi connectivity index (χ0) is 39.8. The number of nitrogens with two attached hydrogens (primary N) is 6. The van der Waals surface area contributed by atoms with Gasteiger partial charge in [-0.15, -0.1) is 0 Å². The Kier molecular flexibility index (Phi) is 33.8. The Morgan fingerprint density at radius 2 is 1.30 bits per heavy atom. The summed E-state index contributed by atoms with van der Waals surface area (Å²) in [6, 6.07) is 6.74. The fraction of sp³-hybridized carbons (Fsp3) is 0.552. The molecule has 50 heavy (non-hydrogen) atoms. The van der Waals surface area contributed by atoms with Crippen LogP contribution in [0, 0.1) is 11.3 Å². The fourth-order valence-electron chi connectivity index (χ4n) is 2.80. The van der Waals surface area contributed by atoms with E-state index in [1.54, 1.807) is 13.8 Å². The molecule has 21 nitrogen and oxygen atoms in total. The minimum Gasteiger partial charge on any atom is -0.480 e. The van der Waals surface area contributed by atoms with Gasteiger partial charge in [-0.1, -0.05) is 44.2 Å². The smallest absolute Gasteiger partial charge is 0.320 e. The molecule has 0 radical (unpaired) electrons. The molecule has 1 heterocycles. The first-order chi connectivity index (χ1) is 23.1. The summed E-state index contributed by atoms with van der Waals surface area (Å²) in [7, 11) is 0. The second kappa shape index (κ2) is 32.6. The summed E-state index contributed by atoms with van der Waals surface area (Å²) in [6.45, 7) is 4.34. The van der Waals surface area contributed by atoms with Crippen LogP contribution in [-0.2, 0) is 35.2 Å². The Bertz CT molecular complexity index is 1100. The number of benzene rings is 1. The highest BCUT2D eigenvalue weighted by molar-refractivity contribution is 5.75. The Morgan fingerprint density at radius 1 is 0.840 bits per heavy atom. The topological polar surface area (TPSA) is 428 Å². The van der Waals surface area contributed by atoms with Gasteiger partial charge >= 0.3 is 35.8 Å². The molecule has 1 fully saturated rings. The second-order valence-corrected chi connectivity index (χ2v) is 10.4. The highest BCUT2D eigenvalue weighted by Crippen LogP contribution is 2.03. The van der Waals surface area contributed by atoms with E-state index >= 15 is 0 Å². The van der Waals surface area contributed by atoms with E-state index in [4.69, 9.17) is 59.0 Å². The fourth-order valence-corrected chi connectivity index (χ4v) is 2.80. The molecule has 1 saturated heterocycles. The van der Waals surface area contributed by atoms with Crippen LogP contribution in [0.4, 0.5) is 0 Å². The number of carbonyl (C=O) groups is 6. The van der Waals surface area contributed by atoms with E-state index in [2.05, 4.69) is 22.1 Å². The summed E-state index contributed by atoms with van der Waals surface area (Å²) in [5, 5.41) is 60.9. The van der Waals surface area contributed by atoms with Crippen LogP contribution in [-0.4, -0.2) is 123 Å². The van der Waals surface area contributed by atoms with Gasteiger partial charge in [0, 0.05) is 6.54 Å². The van der Waals surface area contributed by atoms with Crippen LogP contribution < -0.4 is 45.0 Å². The Balaban J connectivity index is -0.000000262. The maximum absolute atomic E-state index is 10.4. The van der Waals surface area contributed by atoms with Crippen molar-refractivity contribution < 1.29 is 59.4 Å². The largest absolute Gasteiger partial charge is 0.480 e. The number of carboxylic acid groups (broad SMARTS) is 6. The van der Waals surface area contributed by atoms with Crippen molar-refractivity contribution in [3.8, 4) is 0 Å². The molecule has 1 aliphatic heterocycles.